The van der Waals surface area contributed by atoms with Crippen LogP contribution in [0.4, 0.5) is 0 Å². The minimum atomic E-state index is 0.330. The Labute approximate surface area is 101 Å². The van der Waals surface area contributed by atoms with Crippen molar-refractivity contribution in [2.24, 2.45) is 5.73 Å². The lowest BCUT2D eigenvalue weighted by Gasteiger charge is -2.05. The van der Waals surface area contributed by atoms with Crippen LogP contribution in [-0.2, 0) is 5.75 Å². The van der Waals surface area contributed by atoms with Crippen LogP contribution in [0.3, 0.4) is 0 Å². The van der Waals surface area contributed by atoms with Gasteiger partial charge in [-0.2, -0.15) is 11.8 Å². The third-order valence-electron chi connectivity index (χ3n) is 2.15. The van der Waals surface area contributed by atoms with Crippen molar-refractivity contribution in [1.82, 2.24) is 0 Å². The first-order chi connectivity index (χ1) is 7.22. The van der Waals surface area contributed by atoms with E-state index in [1.54, 1.807) is 11.8 Å². The van der Waals surface area contributed by atoms with Gasteiger partial charge in [-0.15, -0.1) is 11.8 Å². The number of nitrogens with two attached hydrogens (primary N) is 1. The van der Waals surface area contributed by atoms with E-state index in [2.05, 4.69) is 37.4 Å². The van der Waals surface area contributed by atoms with Crippen molar-refractivity contribution in [3.8, 4) is 0 Å². The SMILES string of the molecule is CSc1ccc(CSCCC(C)N)cc1. The van der Waals surface area contributed by atoms with Gasteiger partial charge in [0.1, 0.15) is 0 Å². The fraction of sp³-hybridized carbons (Fsp3) is 0.500. The maximum Gasteiger partial charge on any atom is 0.0184 e. The maximum absolute atomic E-state index is 5.69. The normalized spacial score (nSPS) is 12.7. The first-order valence-electron chi connectivity index (χ1n) is 5.18. The van der Waals surface area contributed by atoms with Crippen molar-refractivity contribution >= 4 is 23.5 Å². The van der Waals surface area contributed by atoms with Crippen LogP contribution in [0, 0.1) is 0 Å². The summed E-state index contributed by atoms with van der Waals surface area (Å²) in [5.74, 6) is 2.25. The first-order valence-corrected chi connectivity index (χ1v) is 7.56. The molecule has 1 nitrogen and oxygen atoms in total. The average Bonchev–Trinajstić information content (AvgIpc) is 2.25. The zero-order chi connectivity index (χ0) is 11.1. The molecule has 0 aliphatic heterocycles. The molecule has 3 heteroatoms. The quantitative estimate of drug-likeness (QED) is 0.611. The van der Waals surface area contributed by atoms with Gasteiger partial charge >= 0.3 is 0 Å². The van der Waals surface area contributed by atoms with E-state index >= 15 is 0 Å². The Balaban J connectivity index is 2.25. The molecule has 1 rings (SSSR count). The van der Waals surface area contributed by atoms with Gasteiger partial charge in [-0.25, -0.2) is 0 Å². The minimum absolute atomic E-state index is 0.330. The highest BCUT2D eigenvalue weighted by Gasteiger charge is 1.97. The van der Waals surface area contributed by atoms with E-state index in [4.69, 9.17) is 5.73 Å². The zero-order valence-electron chi connectivity index (χ0n) is 9.40. The van der Waals surface area contributed by atoms with Crippen LogP contribution in [0.15, 0.2) is 29.2 Å². The van der Waals surface area contributed by atoms with Gasteiger partial charge in [0, 0.05) is 16.7 Å². The van der Waals surface area contributed by atoms with Crippen molar-refractivity contribution in [2.75, 3.05) is 12.0 Å². The highest BCUT2D eigenvalue weighted by atomic mass is 32.2. The van der Waals surface area contributed by atoms with Gasteiger partial charge < -0.3 is 5.73 Å². The van der Waals surface area contributed by atoms with Crippen LogP contribution in [0.5, 0.6) is 0 Å². The molecule has 15 heavy (non-hydrogen) atoms. The first kappa shape index (κ1) is 12.9. The molecule has 84 valence electrons. The molecule has 0 aliphatic rings. The van der Waals surface area contributed by atoms with Crippen molar-refractivity contribution in [1.29, 1.82) is 0 Å². The smallest absolute Gasteiger partial charge is 0.0184 e. The molecule has 0 fully saturated rings. The molecule has 0 aliphatic carbocycles. The standard InChI is InChI=1S/C12H19NS2/c1-10(13)7-8-15-9-11-3-5-12(14-2)6-4-11/h3-6,10H,7-9,13H2,1-2H3. The Kier molecular flexibility index (Phi) is 6.22. The molecule has 2 N–H and O–H groups in total. The summed E-state index contributed by atoms with van der Waals surface area (Å²) in [5, 5.41) is 0. The Bertz CT molecular complexity index is 269. The molecule has 0 radical (unpaired) electrons. The lowest BCUT2D eigenvalue weighted by Crippen LogP contribution is -2.15. The number of benzene rings is 1. The third-order valence-corrected chi connectivity index (χ3v) is 3.95. The maximum atomic E-state index is 5.69. The van der Waals surface area contributed by atoms with E-state index in [1.165, 1.54) is 10.5 Å². The number of hydrogen-bond acceptors (Lipinski definition) is 3. The predicted molar refractivity (Wildman–Crippen MR) is 72.7 cm³/mol. The van der Waals surface area contributed by atoms with E-state index in [0.29, 0.717) is 6.04 Å². The van der Waals surface area contributed by atoms with Gasteiger partial charge in [0.15, 0.2) is 0 Å². The second kappa shape index (κ2) is 7.20. The van der Waals surface area contributed by atoms with Gasteiger partial charge in [0.05, 0.1) is 0 Å². The van der Waals surface area contributed by atoms with Crippen molar-refractivity contribution in [3.63, 3.8) is 0 Å². The van der Waals surface area contributed by atoms with Gasteiger partial charge in [-0.3, -0.25) is 0 Å². The molecule has 0 heterocycles. The molecule has 0 amide bonds. The molecule has 1 aromatic rings. The summed E-state index contributed by atoms with van der Waals surface area (Å²) >= 11 is 3.75. The van der Waals surface area contributed by atoms with Crippen molar-refractivity contribution in [3.05, 3.63) is 29.8 Å². The highest BCUT2D eigenvalue weighted by Crippen LogP contribution is 2.18. The summed E-state index contributed by atoms with van der Waals surface area (Å²) < 4.78 is 0. The molecular formula is C12H19NS2. The Morgan fingerprint density at radius 2 is 1.93 bits per heavy atom. The molecule has 0 saturated heterocycles. The Morgan fingerprint density at radius 3 is 2.47 bits per heavy atom. The summed E-state index contributed by atoms with van der Waals surface area (Å²) in [6.07, 6.45) is 3.21. The summed E-state index contributed by atoms with van der Waals surface area (Å²) in [5.41, 5.74) is 7.10. The summed E-state index contributed by atoms with van der Waals surface area (Å²) in [7, 11) is 0. The lowest BCUT2D eigenvalue weighted by molar-refractivity contribution is 0.721. The molecule has 1 atom stereocenters. The van der Waals surface area contributed by atoms with Crippen LogP contribution in [0.2, 0.25) is 0 Å². The topological polar surface area (TPSA) is 26.0 Å². The van der Waals surface area contributed by atoms with Crippen LogP contribution < -0.4 is 5.73 Å². The molecule has 0 aromatic heterocycles. The minimum Gasteiger partial charge on any atom is -0.328 e. The lowest BCUT2D eigenvalue weighted by atomic mass is 10.2. The van der Waals surface area contributed by atoms with E-state index in [0.717, 1.165) is 17.9 Å². The summed E-state index contributed by atoms with van der Waals surface area (Å²) in [6, 6.07) is 9.13. The van der Waals surface area contributed by atoms with E-state index in [1.807, 2.05) is 11.8 Å². The van der Waals surface area contributed by atoms with E-state index < -0.39 is 0 Å². The van der Waals surface area contributed by atoms with Gasteiger partial charge in [-0.1, -0.05) is 12.1 Å². The average molecular weight is 241 g/mol. The fourth-order valence-corrected chi connectivity index (χ4v) is 2.70. The Hall–Kier alpha value is -0.120. The molecule has 1 aromatic carbocycles. The van der Waals surface area contributed by atoms with Crippen LogP contribution in [0.1, 0.15) is 18.9 Å². The van der Waals surface area contributed by atoms with E-state index in [9.17, 15) is 0 Å². The number of rotatable bonds is 6. The number of hydrogen-bond donors (Lipinski definition) is 1. The summed E-state index contributed by atoms with van der Waals surface area (Å²) in [4.78, 5) is 1.33. The molecular weight excluding hydrogens is 222 g/mol. The summed E-state index contributed by atoms with van der Waals surface area (Å²) in [6.45, 7) is 2.06. The largest absolute Gasteiger partial charge is 0.328 e. The predicted octanol–water partition coefficient (Wildman–Crippen LogP) is 3.38. The van der Waals surface area contributed by atoms with Crippen LogP contribution in [-0.4, -0.2) is 18.1 Å². The van der Waals surface area contributed by atoms with Gasteiger partial charge in [0.25, 0.3) is 0 Å². The van der Waals surface area contributed by atoms with Crippen LogP contribution >= 0.6 is 23.5 Å². The van der Waals surface area contributed by atoms with Crippen LogP contribution in [0.25, 0.3) is 0 Å². The monoisotopic (exact) mass is 241 g/mol. The molecule has 0 saturated carbocycles. The van der Waals surface area contributed by atoms with E-state index in [-0.39, 0.29) is 0 Å². The fourth-order valence-electron chi connectivity index (χ4n) is 1.18. The van der Waals surface area contributed by atoms with Gasteiger partial charge in [-0.05, 0) is 43.0 Å². The molecule has 0 spiro atoms. The number of thioether (sulfide) groups is 2. The molecule has 0 bridgehead atoms. The van der Waals surface area contributed by atoms with Crippen molar-refractivity contribution in [2.45, 2.75) is 30.0 Å². The second-order valence-corrected chi connectivity index (χ2v) is 5.65. The molecule has 1 unspecified atom stereocenters. The van der Waals surface area contributed by atoms with Crippen molar-refractivity contribution < 1.29 is 0 Å². The van der Waals surface area contributed by atoms with Gasteiger partial charge in [0.2, 0.25) is 0 Å². The zero-order valence-corrected chi connectivity index (χ0v) is 11.0. The Morgan fingerprint density at radius 1 is 1.27 bits per heavy atom. The third kappa shape index (κ3) is 5.50. The second-order valence-electron chi connectivity index (χ2n) is 3.67. The highest BCUT2D eigenvalue weighted by molar-refractivity contribution is 7.98.